The van der Waals surface area contributed by atoms with Crippen LogP contribution in [0.4, 0.5) is 0 Å². The highest BCUT2D eigenvalue weighted by molar-refractivity contribution is 6.19. The van der Waals surface area contributed by atoms with Crippen molar-refractivity contribution < 1.29 is 0 Å². The van der Waals surface area contributed by atoms with Crippen LogP contribution in [0.2, 0.25) is 0 Å². The van der Waals surface area contributed by atoms with Crippen molar-refractivity contribution in [2.75, 3.05) is 0 Å². The van der Waals surface area contributed by atoms with Gasteiger partial charge in [-0.05, 0) is 30.2 Å². The highest BCUT2D eigenvalue weighted by Gasteiger charge is 2.04. The first-order chi connectivity index (χ1) is 4.74. The standard InChI is InChI=1S/C8H10N2/c1-2-6-5-7(9)3-4-8(6)10/h3-5,9-10H,2H2,1H3. The van der Waals surface area contributed by atoms with Gasteiger partial charge in [-0.1, -0.05) is 6.92 Å². The van der Waals surface area contributed by atoms with Gasteiger partial charge < -0.3 is 10.8 Å². The Hall–Kier alpha value is -1.18. The molecule has 0 saturated carbocycles. The molecule has 52 valence electrons. The number of nitrogens with one attached hydrogen (secondary N) is 2. The second kappa shape index (κ2) is 2.60. The fourth-order valence-electron chi connectivity index (χ4n) is 0.886. The molecule has 1 aliphatic rings. The molecule has 0 amide bonds. The van der Waals surface area contributed by atoms with E-state index in [0.717, 1.165) is 12.0 Å². The van der Waals surface area contributed by atoms with Gasteiger partial charge in [0.15, 0.2) is 0 Å². The summed E-state index contributed by atoms with van der Waals surface area (Å²) in [5, 5.41) is 14.6. The highest BCUT2D eigenvalue weighted by Crippen LogP contribution is 2.08. The van der Waals surface area contributed by atoms with Crippen LogP contribution in [0.3, 0.4) is 0 Å². The molecule has 10 heavy (non-hydrogen) atoms. The van der Waals surface area contributed by atoms with Gasteiger partial charge in [0.05, 0.1) is 11.4 Å². The molecule has 0 radical (unpaired) electrons. The monoisotopic (exact) mass is 134 g/mol. The molecule has 0 atom stereocenters. The van der Waals surface area contributed by atoms with E-state index in [1.54, 1.807) is 18.2 Å². The van der Waals surface area contributed by atoms with Gasteiger partial charge in [-0.3, -0.25) is 0 Å². The van der Waals surface area contributed by atoms with Crippen molar-refractivity contribution in [1.82, 2.24) is 0 Å². The molecule has 0 fully saturated rings. The summed E-state index contributed by atoms with van der Waals surface area (Å²) in [7, 11) is 0. The van der Waals surface area contributed by atoms with Crippen LogP contribution >= 0.6 is 0 Å². The van der Waals surface area contributed by atoms with Gasteiger partial charge in [-0.25, -0.2) is 0 Å². The van der Waals surface area contributed by atoms with Crippen molar-refractivity contribution >= 4 is 11.4 Å². The number of allylic oxidation sites excluding steroid dienone is 4. The van der Waals surface area contributed by atoms with Crippen molar-refractivity contribution in [2.45, 2.75) is 13.3 Å². The van der Waals surface area contributed by atoms with Gasteiger partial charge in [-0.15, -0.1) is 0 Å². The fraction of sp³-hybridized carbons (Fsp3) is 0.250. The summed E-state index contributed by atoms with van der Waals surface area (Å²) >= 11 is 0. The average Bonchev–Trinajstić information content (AvgIpc) is 1.94. The fourth-order valence-corrected chi connectivity index (χ4v) is 0.886. The SMILES string of the molecule is CCC1=CC(=N)C=CC1=N. The Morgan fingerprint density at radius 2 is 2.00 bits per heavy atom. The zero-order chi connectivity index (χ0) is 7.56. The lowest BCUT2D eigenvalue weighted by Gasteiger charge is -2.06. The summed E-state index contributed by atoms with van der Waals surface area (Å²) in [5.41, 5.74) is 1.99. The molecule has 2 nitrogen and oxygen atoms in total. The van der Waals surface area contributed by atoms with Crippen molar-refractivity contribution in [3.05, 3.63) is 23.8 Å². The molecule has 0 aliphatic heterocycles. The third kappa shape index (κ3) is 1.21. The molecule has 2 N–H and O–H groups in total. The van der Waals surface area contributed by atoms with E-state index in [2.05, 4.69) is 0 Å². The van der Waals surface area contributed by atoms with Crippen LogP contribution in [0.5, 0.6) is 0 Å². The predicted octanol–water partition coefficient (Wildman–Crippen LogP) is 1.93. The summed E-state index contributed by atoms with van der Waals surface area (Å²) in [4.78, 5) is 0. The van der Waals surface area contributed by atoms with Crippen molar-refractivity contribution in [1.29, 1.82) is 10.8 Å². The second-order valence-corrected chi connectivity index (χ2v) is 2.23. The molecule has 0 saturated heterocycles. The van der Waals surface area contributed by atoms with Crippen molar-refractivity contribution in [2.24, 2.45) is 0 Å². The average molecular weight is 134 g/mol. The smallest absolute Gasteiger partial charge is 0.0573 e. The molecule has 0 aromatic rings. The van der Waals surface area contributed by atoms with Gasteiger partial charge in [-0.2, -0.15) is 0 Å². The van der Waals surface area contributed by atoms with E-state index in [9.17, 15) is 0 Å². The summed E-state index contributed by atoms with van der Waals surface area (Å²) in [6.45, 7) is 1.99. The Balaban J connectivity index is 2.89. The van der Waals surface area contributed by atoms with E-state index in [0.29, 0.717) is 11.4 Å². The topological polar surface area (TPSA) is 47.7 Å². The Morgan fingerprint density at radius 1 is 1.30 bits per heavy atom. The first-order valence-electron chi connectivity index (χ1n) is 3.30. The van der Waals surface area contributed by atoms with E-state index >= 15 is 0 Å². The van der Waals surface area contributed by atoms with E-state index in [1.165, 1.54) is 0 Å². The van der Waals surface area contributed by atoms with Gasteiger partial charge in [0.25, 0.3) is 0 Å². The zero-order valence-electron chi connectivity index (χ0n) is 5.94. The van der Waals surface area contributed by atoms with Crippen LogP contribution in [0.15, 0.2) is 23.8 Å². The van der Waals surface area contributed by atoms with Crippen LogP contribution in [0, 0.1) is 10.8 Å². The number of rotatable bonds is 1. The summed E-state index contributed by atoms with van der Waals surface area (Å²) in [5.74, 6) is 0. The molecule has 2 heteroatoms. The molecule has 0 spiro atoms. The van der Waals surface area contributed by atoms with E-state index < -0.39 is 0 Å². The van der Waals surface area contributed by atoms with E-state index in [1.807, 2.05) is 6.92 Å². The Bertz CT molecular complexity index is 234. The lowest BCUT2D eigenvalue weighted by molar-refractivity contribution is 1.16. The maximum Gasteiger partial charge on any atom is 0.0573 e. The molecule has 0 bridgehead atoms. The third-order valence-corrected chi connectivity index (χ3v) is 1.49. The van der Waals surface area contributed by atoms with Crippen molar-refractivity contribution in [3.8, 4) is 0 Å². The Labute approximate surface area is 60.3 Å². The zero-order valence-corrected chi connectivity index (χ0v) is 5.94. The molecular weight excluding hydrogens is 124 g/mol. The molecule has 0 unspecified atom stereocenters. The third-order valence-electron chi connectivity index (χ3n) is 1.49. The number of hydrogen-bond donors (Lipinski definition) is 2. The first-order valence-corrected chi connectivity index (χ1v) is 3.30. The van der Waals surface area contributed by atoms with Crippen molar-refractivity contribution in [3.63, 3.8) is 0 Å². The summed E-state index contributed by atoms with van der Waals surface area (Å²) in [6, 6.07) is 0. The molecule has 0 aromatic heterocycles. The quantitative estimate of drug-likeness (QED) is 0.515. The van der Waals surface area contributed by atoms with Gasteiger partial charge >= 0.3 is 0 Å². The number of hydrogen-bond acceptors (Lipinski definition) is 2. The minimum atomic E-state index is 0.493. The molecular formula is C8H10N2. The molecule has 0 aromatic carbocycles. The predicted molar refractivity (Wildman–Crippen MR) is 43.0 cm³/mol. The van der Waals surface area contributed by atoms with Crippen LogP contribution in [-0.2, 0) is 0 Å². The van der Waals surface area contributed by atoms with Crippen LogP contribution in [-0.4, -0.2) is 11.4 Å². The van der Waals surface area contributed by atoms with Crippen LogP contribution < -0.4 is 0 Å². The minimum Gasteiger partial charge on any atom is -0.301 e. The first kappa shape index (κ1) is 6.93. The van der Waals surface area contributed by atoms with E-state index in [4.69, 9.17) is 10.8 Å². The lowest BCUT2D eigenvalue weighted by Crippen LogP contribution is -2.04. The minimum absolute atomic E-state index is 0.493. The van der Waals surface area contributed by atoms with Crippen LogP contribution in [0.25, 0.3) is 0 Å². The normalized spacial score (nSPS) is 17.5. The highest BCUT2D eigenvalue weighted by atomic mass is 14.4. The lowest BCUT2D eigenvalue weighted by atomic mass is 10.0. The summed E-state index contributed by atoms with van der Waals surface area (Å²) in [6.07, 6.45) is 5.89. The Kier molecular flexibility index (Phi) is 1.81. The molecule has 1 aliphatic carbocycles. The molecule has 1 rings (SSSR count). The molecule has 0 heterocycles. The van der Waals surface area contributed by atoms with E-state index in [-0.39, 0.29) is 0 Å². The maximum absolute atomic E-state index is 7.38. The van der Waals surface area contributed by atoms with Gasteiger partial charge in [0.2, 0.25) is 0 Å². The maximum atomic E-state index is 7.38. The Morgan fingerprint density at radius 3 is 2.50 bits per heavy atom. The van der Waals surface area contributed by atoms with Gasteiger partial charge in [0.1, 0.15) is 0 Å². The van der Waals surface area contributed by atoms with Crippen LogP contribution in [0.1, 0.15) is 13.3 Å². The largest absolute Gasteiger partial charge is 0.301 e. The van der Waals surface area contributed by atoms with Gasteiger partial charge in [0, 0.05) is 0 Å². The summed E-state index contributed by atoms with van der Waals surface area (Å²) < 4.78 is 0. The second-order valence-electron chi connectivity index (χ2n) is 2.23.